The minimum Gasteiger partial charge on any atom is -0.434 e. The van der Waals surface area contributed by atoms with Gasteiger partial charge in [-0.3, -0.25) is 0 Å². The normalized spacial score (nSPS) is 12.5. The lowest BCUT2D eigenvalue weighted by Gasteiger charge is -2.17. The molecule has 2 rings (SSSR count). The van der Waals surface area contributed by atoms with Crippen LogP contribution in [-0.2, 0) is 0 Å². The second-order valence-corrected chi connectivity index (χ2v) is 5.58. The molecule has 0 saturated carbocycles. The van der Waals surface area contributed by atoms with Crippen LogP contribution in [0.2, 0.25) is 5.02 Å². The summed E-state index contributed by atoms with van der Waals surface area (Å²) in [4.78, 5) is 0. The van der Waals surface area contributed by atoms with Gasteiger partial charge in [0.1, 0.15) is 5.75 Å². The van der Waals surface area contributed by atoms with Crippen molar-refractivity contribution < 1.29 is 13.5 Å². The van der Waals surface area contributed by atoms with Gasteiger partial charge in [-0.15, -0.1) is 11.6 Å². The summed E-state index contributed by atoms with van der Waals surface area (Å²) in [7, 11) is 0. The molecule has 1 atom stereocenters. The van der Waals surface area contributed by atoms with Gasteiger partial charge in [-0.1, -0.05) is 35.9 Å². The van der Waals surface area contributed by atoms with Crippen molar-refractivity contribution in [2.75, 3.05) is 0 Å². The molecule has 0 amide bonds. The molecule has 0 heterocycles. The maximum absolute atomic E-state index is 12.5. The fourth-order valence-corrected chi connectivity index (χ4v) is 2.80. The highest BCUT2D eigenvalue weighted by atomic mass is 35.5. The van der Waals surface area contributed by atoms with E-state index in [2.05, 4.69) is 4.74 Å². The third-order valence-electron chi connectivity index (χ3n) is 3.29. The van der Waals surface area contributed by atoms with Crippen LogP contribution >= 0.6 is 23.2 Å². The maximum atomic E-state index is 12.5. The number of rotatable bonds is 4. The van der Waals surface area contributed by atoms with Crippen LogP contribution in [-0.4, -0.2) is 6.61 Å². The van der Waals surface area contributed by atoms with Crippen LogP contribution in [0, 0.1) is 13.8 Å². The molecule has 2 aromatic carbocycles. The Bertz CT molecular complexity index is 644. The van der Waals surface area contributed by atoms with Gasteiger partial charge in [0.15, 0.2) is 0 Å². The fourth-order valence-electron chi connectivity index (χ4n) is 2.06. The van der Waals surface area contributed by atoms with E-state index < -0.39 is 12.0 Å². The summed E-state index contributed by atoms with van der Waals surface area (Å²) in [5.41, 5.74) is 3.22. The van der Waals surface area contributed by atoms with Crippen LogP contribution in [0.15, 0.2) is 36.4 Å². The third kappa shape index (κ3) is 3.66. The van der Waals surface area contributed by atoms with Crippen LogP contribution < -0.4 is 4.74 Å². The second kappa shape index (κ2) is 6.63. The Morgan fingerprint density at radius 1 is 1.00 bits per heavy atom. The molecule has 0 aromatic heterocycles. The summed E-state index contributed by atoms with van der Waals surface area (Å²) in [5, 5.41) is -0.156. The molecule has 21 heavy (non-hydrogen) atoms. The molecule has 112 valence electrons. The third-order valence-corrected chi connectivity index (χ3v) is 4.09. The zero-order valence-electron chi connectivity index (χ0n) is 11.5. The molecule has 0 aliphatic rings. The van der Waals surface area contributed by atoms with E-state index >= 15 is 0 Å². The molecular formula is C16H14Cl2F2O. The quantitative estimate of drug-likeness (QED) is 0.635. The van der Waals surface area contributed by atoms with Gasteiger partial charge in [-0.2, -0.15) is 8.78 Å². The fraction of sp³-hybridized carbons (Fsp3) is 0.250. The van der Waals surface area contributed by atoms with Gasteiger partial charge in [0.2, 0.25) is 0 Å². The molecule has 0 aliphatic carbocycles. The van der Waals surface area contributed by atoms with Gasteiger partial charge >= 0.3 is 6.61 Å². The first-order chi connectivity index (χ1) is 9.90. The second-order valence-electron chi connectivity index (χ2n) is 4.74. The van der Waals surface area contributed by atoms with Crippen molar-refractivity contribution in [2.24, 2.45) is 0 Å². The van der Waals surface area contributed by atoms with E-state index in [-0.39, 0.29) is 5.75 Å². The number of para-hydroxylation sites is 1. The van der Waals surface area contributed by atoms with Crippen LogP contribution in [0.4, 0.5) is 8.78 Å². The number of hydrogen-bond acceptors (Lipinski definition) is 1. The number of halogens is 4. The predicted molar refractivity (Wildman–Crippen MR) is 81.7 cm³/mol. The van der Waals surface area contributed by atoms with E-state index in [1.165, 1.54) is 6.07 Å². The van der Waals surface area contributed by atoms with Crippen LogP contribution in [0.3, 0.4) is 0 Å². The Balaban J connectivity index is 2.45. The first kappa shape index (κ1) is 16.1. The van der Waals surface area contributed by atoms with Crippen LogP contribution in [0.1, 0.15) is 27.6 Å². The molecular weight excluding hydrogens is 317 g/mol. The minimum absolute atomic E-state index is 0.0572. The van der Waals surface area contributed by atoms with Crippen molar-refractivity contribution in [3.05, 3.63) is 63.7 Å². The first-order valence-electron chi connectivity index (χ1n) is 6.34. The topological polar surface area (TPSA) is 9.23 Å². The lowest BCUT2D eigenvalue weighted by atomic mass is 9.99. The Kier molecular flexibility index (Phi) is 5.07. The average Bonchev–Trinajstić information content (AvgIpc) is 2.42. The molecule has 2 aromatic rings. The van der Waals surface area contributed by atoms with Crippen LogP contribution in [0.5, 0.6) is 5.75 Å². The van der Waals surface area contributed by atoms with Gasteiger partial charge < -0.3 is 4.74 Å². The van der Waals surface area contributed by atoms with E-state index in [1.54, 1.807) is 18.2 Å². The summed E-state index contributed by atoms with van der Waals surface area (Å²) in [6.07, 6.45) is 0. The van der Waals surface area contributed by atoms with Crippen molar-refractivity contribution in [2.45, 2.75) is 25.8 Å². The Hall–Kier alpha value is -1.32. The van der Waals surface area contributed by atoms with Crippen molar-refractivity contribution in [3.63, 3.8) is 0 Å². The largest absolute Gasteiger partial charge is 0.434 e. The lowest BCUT2D eigenvalue weighted by Crippen LogP contribution is -2.06. The number of benzene rings is 2. The van der Waals surface area contributed by atoms with Gasteiger partial charge in [0.05, 0.1) is 5.38 Å². The Labute approximate surface area is 132 Å². The minimum atomic E-state index is -2.90. The molecule has 1 unspecified atom stereocenters. The SMILES string of the molecule is Cc1cc(Cl)c(C(Cl)c2ccccc2OC(F)F)cc1C. The summed E-state index contributed by atoms with van der Waals surface area (Å²) in [6.45, 7) is 0.993. The molecule has 1 nitrogen and oxygen atoms in total. The number of aryl methyl sites for hydroxylation is 2. The number of alkyl halides is 3. The van der Waals surface area contributed by atoms with Crippen LogP contribution in [0.25, 0.3) is 0 Å². The van der Waals surface area contributed by atoms with Crippen molar-refractivity contribution in [1.29, 1.82) is 0 Å². The number of hydrogen-bond donors (Lipinski definition) is 0. The molecule has 0 spiro atoms. The molecule has 0 radical (unpaired) electrons. The van der Waals surface area contributed by atoms with E-state index in [0.717, 1.165) is 11.1 Å². The molecule has 0 fully saturated rings. The predicted octanol–water partition coefficient (Wildman–Crippen LogP) is 5.89. The maximum Gasteiger partial charge on any atom is 0.387 e. The van der Waals surface area contributed by atoms with Gasteiger partial charge in [-0.25, -0.2) is 0 Å². The van der Waals surface area contributed by atoms with Crippen molar-refractivity contribution in [1.82, 2.24) is 0 Å². The standard InChI is InChI=1S/C16H14Cl2F2O/c1-9-7-12(13(17)8-10(9)2)15(18)11-5-3-4-6-14(11)21-16(19)20/h3-8,15-16H,1-2H3. The summed E-state index contributed by atoms with van der Waals surface area (Å²) >= 11 is 12.7. The summed E-state index contributed by atoms with van der Waals surface area (Å²) < 4.78 is 29.5. The monoisotopic (exact) mass is 330 g/mol. The zero-order valence-corrected chi connectivity index (χ0v) is 13.1. The lowest BCUT2D eigenvalue weighted by molar-refractivity contribution is -0.0504. The average molecular weight is 331 g/mol. The highest BCUT2D eigenvalue weighted by Crippen LogP contribution is 2.39. The highest BCUT2D eigenvalue weighted by molar-refractivity contribution is 6.33. The van der Waals surface area contributed by atoms with Crippen molar-refractivity contribution in [3.8, 4) is 5.75 Å². The smallest absolute Gasteiger partial charge is 0.387 e. The zero-order chi connectivity index (χ0) is 15.6. The molecule has 5 heteroatoms. The molecule has 0 N–H and O–H groups in total. The highest BCUT2D eigenvalue weighted by Gasteiger charge is 2.20. The van der Waals surface area contributed by atoms with E-state index in [4.69, 9.17) is 23.2 Å². The first-order valence-corrected chi connectivity index (χ1v) is 7.16. The van der Waals surface area contributed by atoms with E-state index in [1.807, 2.05) is 26.0 Å². The summed E-state index contributed by atoms with van der Waals surface area (Å²) in [5.74, 6) is 0.0572. The molecule has 0 bridgehead atoms. The molecule has 0 aliphatic heterocycles. The van der Waals surface area contributed by atoms with Gasteiger partial charge in [0.25, 0.3) is 0 Å². The van der Waals surface area contributed by atoms with E-state index in [9.17, 15) is 8.78 Å². The van der Waals surface area contributed by atoms with Crippen molar-refractivity contribution >= 4 is 23.2 Å². The van der Waals surface area contributed by atoms with Gasteiger partial charge in [0, 0.05) is 10.6 Å². The Morgan fingerprint density at radius 3 is 2.29 bits per heavy atom. The number of ether oxygens (including phenoxy) is 1. The van der Waals surface area contributed by atoms with E-state index in [0.29, 0.717) is 16.1 Å². The van der Waals surface area contributed by atoms with Gasteiger partial charge in [-0.05, 0) is 42.7 Å². The Morgan fingerprint density at radius 2 is 1.62 bits per heavy atom. The summed E-state index contributed by atoms with van der Waals surface area (Å²) in [6, 6.07) is 10.1. The molecule has 0 saturated heterocycles.